The molecule has 3 aromatic rings. The number of rotatable bonds is 7. The van der Waals surface area contributed by atoms with E-state index in [1.54, 1.807) is 34.2 Å². The smallest absolute Gasteiger partial charge is 0.260 e. The number of hydrazone groups is 1. The number of aliphatic hydroxyl groups is 1. The van der Waals surface area contributed by atoms with Crippen LogP contribution < -0.4 is 21.1 Å². The Morgan fingerprint density at radius 3 is 2.72 bits per heavy atom. The number of methoxy groups -OCH3 is 1. The van der Waals surface area contributed by atoms with Crippen LogP contribution in [-0.4, -0.2) is 64.0 Å². The summed E-state index contributed by atoms with van der Waals surface area (Å²) in [6, 6.07) is 13.9. The van der Waals surface area contributed by atoms with Crippen LogP contribution in [0.3, 0.4) is 0 Å². The maximum absolute atomic E-state index is 13.4. The van der Waals surface area contributed by atoms with Crippen molar-refractivity contribution in [2.75, 3.05) is 25.6 Å². The largest absolute Gasteiger partial charge is 0.496 e. The predicted octanol–water partition coefficient (Wildman–Crippen LogP) is 2.05. The van der Waals surface area contributed by atoms with Crippen molar-refractivity contribution >= 4 is 23.5 Å². The molecule has 3 heterocycles. The van der Waals surface area contributed by atoms with Crippen LogP contribution in [0.2, 0.25) is 0 Å². The number of anilines is 1. The Morgan fingerprint density at radius 2 is 1.97 bits per heavy atom. The number of halogens is 1. The number of pyridine rings is 1. The monoisotopic (exact) mass is 533 g/mol. The molecule has 2 amide bonds. The Hall–Kier alpha value is -4.55. The van der Waals surface area contributed by atoms with E-state index in [1.165, 1.54) is 31.4 Å². The number of carbonyl (C=O) groups is 2. The summed E-state index contributed by atoms with van der Waals surface area (Å²) in [5, 5.41) is 18.2. The molecule has 1 unspecified atom stereocenters. The molecule has 5 rings (SSSR count). The van der Waals surface area contributed by atoms with E-state index >= 15 is 0 Å². The number of aromatic nitrogens is 1. The molecule has 2 aliphatic rings. The van der Waals surface area contributed by atoms with Gasteiger partial charge in [-0.15, -0.1) is 10.6 Å². The lowest BCUT2D eigenvalue weighted by molar-refractivity contribution is 0.0734. The Morgan fingerprint density at radius 1 is 1.18 bits per heavy atom. The average molecular weight is 534 g/mol. The number of benzene rings is 2. The fourth-order valence-electron chi connectivity index (χ4n) is 4.51. The van der Waals surface area contributed by atoms with Crippen molar-refractivity contribution in [3.05, 3.63) is 88.4 Å². The minimum absolute atomic E-state index is 0.102. The number of nitrogens with one attached hydrogen (secondary N) is 3. The van der Waals surface area contributed by atoms with E-state index in [-0.39, 0.29) is 18.6 Å². The van der Waals surface area contributed by atoms with Gasteiger partial charge in [0, 0.05) is 18.7 Å². The van der Waals surface area contributed by atoms with Gasteiger partial charge in [0.15, 0.2) is 5.84 Å². The molecule has 11 nitrogen and oxygen atoms in total. The van der Waals surface area contributed by atoms with Crippen LogP contribution in [0.1, 0.15) is 44.5 Å². The second kappa shape index (κ2) is 11.1. The predicted molar refractivity (Wildman–Crippen MR) is 141 cm³/mol. The number of ether oxygens (including phenoxy) is 1. The summed E-state index contributed by atoms with van der Waals surface area (Å²) in [4.78, 5) is 32.5. The zero-order valence-electron chi connectivity index (χ0n) is 21.4. The van der Waals surface area contributed by atoms with Crippen LogP contribution in [0.5, 0.6) is 5.75 Å². The summed E-state index contributed by atoms with van der Waals surface area (Å²) in [5.74, 6) is 0.150. The molecule has 1 aromatic heterocycles. The Kier molecular flexibility index (Phi) is 7.39. The lowest BCUT2D eigenvalue weighted by atomic mass is 9.95. The second-order valence-corrected chi connectivity index (χ2v) is 9.23. The first-order chi connectivity index (χ1) is 18.9. The lowest BCUT2D eigenvalue weighted by Gasteiger charge is -2.30. The van der Waals surface area contributed by atoms with Gasteiger partial charge in [0.2, 0.25) is 0 Å². The van der Waals surface area contributed by atoms with Gasteiger partial charge < -0.3 is 20.1 Å². The third kappa shape index (κ3) is 5.38. The van der Waals surface area contributed by atoms with Gasteiger partial charge in [0.05, 0.1) is 25.3 Å². The van der Waals surface area contributed by atoms with Crippen molar-refractivity contribution in [1.29, 1.82) is 0 Å². The Bertz CT molecular complexity index is 1430. The topological polar surface area (TPSA) is 131 Å². The lowest BCUT2D eigenvalue weighted by Crippen LogP contribution is -2.48. The molecule has 12 heteroatoms. The fourth-order valence-corrected chi connectivity index (χ4v) is 4.51. The average Bonchev–Trinajstić information content (AvgIpc) is 3.46. The molecule has 0 saturated heterocycles. The number of hydrogen-bond acceptors (Lipinski definition) is 9. The first kappa shape index (κ1) is 26.1. The normalized spacial score (nSPS) is 15.2. The summed E-state index contributed by atoms with van der Waals surface area (Å²) >= 11 is 0. The molecule has 4 N–H and O–H groups in total. The number of nitrogens with zero attached hydrogens (tertiary/aromatic N) is 4. The van der Waals surface area contributed by atoms with Crippen molar-refractivity contribution < 1.29 is 23.8 Å². The van der Waals surface area contributed by atoms with E-state index in [4.69, 9.17) is 4.74 Å². The third-order valence-electron chi connectivity index (χ3n) is 6.64. The van der Waals surface area contributed by atoms with Crippen LogP contribution in [-0.2, 0) is 13.0 Å². The van der Waals surface area contributed by atoms with E-state index in [0.29, 0.717) is 53.7 Å². The van der Waals surface area contributed by atoms with E-state index in [2.05, 4.69) is 26.5 Å². The highest BCUT2D eigenvalue weighted by molar-refractivity contribution is 6.06. The van der Waals surface area contributed by atoms with Gasteiger partial charge in [-0.1, -0.05) is 6.07 Å². The zero-order chi connectivity index (χ0) is 27.5. The molecular formula is C27H28FN7O4. The van der Waals surface area contributed by atoms with Crippen molar-refractivity contribution in [2.24, 2.45) is 5.10 Å². The van der Waals surface area contributed by atoms with Crippen molar-refractivity contribution in [3.8, 4) is 5.75 Å². The van der Waals surface area contributed by atoms with Gasteiger partial charge in [-0.05, 0) is 73.0 Å². The molecule has 202 valence electrons. The molecule has 39 heavy (non-hydrogen) atoms. The van der Waals surface area contributed by atoms with Gasteiger partial charge >= 0.3 is 0 Å². The van der Waals surface area contributed by atoms with Gasteiger partial charge in [0.1, 0.15) is 23.1 Å². The zero-order valence-corrected chi connectivity index (χ0v) is 21.4. The summed E-state index contributed by atoms with van der Waals surface area (Å²) in [7, 11) is 1.50. The maximum atomic E-state index is 13.4. The summed E-state index contributed by atoms with van der Waals surface area (Å²) < 4.78 is 18.8. The van der Waals surface area contributed by atoms with Crippen molar-refractivity contribution in [1.82, 2.24) is 26.0 Å². The number of amidine groups is 1. The van der Waals surface area contributed by atoms with Crippen LogP contribution in [0.15, 0.2) is 59.7 Å². The fraction of sp³-hybridized carbons (Fsp3) is 0.259. The van der Waals surface area contributed by atoms with E-state index in [1.807, 2.05) is 13.0 Å². The first-order valence-electron chi connectivity index (χ1n) is 12.4. The maximum Gasteiger partial charge on any atom is 0.260 e. The summed E-state index contributed by atoms with van der Waals surface area (Å²) in [6.45, 7) is 2.52. The summed E-state index contributed by atoms with van der Waals surface area (Å²) in [5.41, 5.74) is 8.51. The van der Waals surface area contributed by atoms with E-state index in [9.17, 15) is 19.1 Å². The number of fused-ring (bicyclic) bond motifs is 1. The van der Waals surface area contributed by atoms with Crippen LogP contribution >= 0.6 is 0 Å². The minimum Gasteiger partial charge on any atom is -0.496 e. The second-order valence-electron chi connectivity index (χ2n) is 9.23. The Labute approximate surface area is 224 Å². The van der Waals surface area contributed by atoms with Gasteiger partial charge in [-0.3, -0.25) is 14.6 Å². The quantitative estimate of drug-likeness (QED) is 0.363. The van der Waals surface area contributed by atoms with Crippen LogP contribution in [0.4, 0.5) is 10.2 Å². The number of hydrazine groups is 2. The van der Waals surface area contributed by atoms with E-state index < -0.39 is 11.7 Å². The highest BCUT2D eigenvalue weighted by atomic mass is 19.1. The third-order valence-corrected chi connectivity index (χ3v) is 6.64. The number of carbonyl (C=O) groups excluding carboxylic acids is 2. The first-order valence-corrected chi connectivity index (χ1v) is 12.4. The number of hydrogen-bond donors (Lipinski definition) is 4. The number of amides is 2. The highest BCUT2D eigenvalue weighted by Gasteiger charge is 2.27. The van der Waals surface area contributed by atoms with Crippen molar-refractivity contribution in [3.63, 3.8) is 0 Å². The molecule has 0 radical (unpaired) electrons. The molecule has 0 fully saturated rings. The molecule has 0 saturated carbocycles. The van der Waals surface area contributed by atoms with Crippen LogP contribution in [0.25, 0.3) is 0 Å². The summed E-state index contributed by atoms with van der Waals surface area (Å²) in [6.07, 6.45) is 0.594. The molecule has 2 aromatic carbocycles. The van der Waals surface area contributed by atoms with Crippen molar-refractivity contribution in [2.45, 2.75) is 25.9 Å². The Balaban J connectivity index is 1.36. The van der Waals surface area contributed by atoms with E-state index in [0.717, 1.165) is 11.1 Å². The van der Waals surface area contributed by atoms with Crippen LogP contribution in [0, 0.1) is 5.82 Å². The molecule has 0 bridgehead atoms. The number of aliphatic hydroxyl groups excluding tert-OH is 1. The van der Waals surface area contributed by atoms with Gasteiger partial charge in [-0.2, -0.15) is 0 Å². The molecule has 1 atom stereocenters. The molecule has 0 aliphatic carbocycles. The molecular weight excluding hydrogens is 505 g/mol. The SMILES string of the molecule is COc1cc2c(cc1C(=O)Nc1cccc(C3=NNNN3C(C)CO)n1)CN(C(=O)c1ccc(F)cc1)CC2. The minimum atomic E-state index is -0.425. The van der Waals surface area contributed by atoms with Gasteiger partial charge in [0.25, 0.3) is 11.8 Å². The highest BCUT2D eigenvalue weighted by Crippen LogP contribution is 2.29. The molecule has 2 aliphatic heterocycles. The standard InChI is InChI=1S/C27H28FN7O4/c1-16(15-36)35-25(31-32-33-35)22-4-3-5-24(29-22)30-26(37)21-12-19-14-34(11-10-18(19)13-23(21)39-2)27(38)17-6-8-20(28)9-7-17/h3-9,12-13,16,32-33,36H,10-11,14-15H2,1-2H3,(H,29,30,37). The van der Waals surface area contributed by atoms with Gasteiger partial charge in [-0.25, -0.2) is 14.9 Å². The molecule has 0 spiro atoms.